The maximum Gasteiger partial charge on any atom is 0.221 e. The van der Waals surface area contributed by atoms with E-state index in [1.54, 1.807) is 0 Å². The van der Waals surface area contributed by atoms with E-state index in [9.17, 15) is 19.2 Å². The van der Waals surface area contributed by atoms with E-state index < -0.39 is 0 Å². The first-order valence-corrected chi connectivity index (χ1v) is 34.4. The first kappa shape index (κ1) is 74.8. The Morgan fingerprint density at radius 3 is 0.532 bits per heavy atom. The minimum absolute atomic E-state index is 0.0861. The van der Waals surface area contributed by atoms with Crippen molar-refractivity contribution in [2.24, 2.45) is 0 Å². The van der Waals surface area contributed by atoms with Crippen LogP contribution >= 0.6 is 0 Å². The van der Waals surface area contributed by atoms with Crippen molar-refractivity contribution >= 4 is 23.6 Å². The normalized spacial score (nSPS) is 11.5. The van der Waals surface area contributed by atoms with Gasteiger partial charge in [-0.25, -0.2) is 0 Å². The summed E-state index contributed by atoms with van der Waals surface area (Å²) in [6, 6.07) is 0. The van der Waals surface area contributed by atoms with E-state index in [0.717, 1.165) is 97.1 Å². The van der Waals surface area contributed by atoms with Crippen molar-refractivity contribution in [1.29, 1.82) is 0 Å². The number of hydrogen-bond donors (Lipinski definition) is 4. The lowest BCUT2D eigenvalue weighted by Gasteiger charge is -2.26. The Bertz CT molecular complexity index is 1070. The third kappa shape index (κ3) is 59.7. The average Bonchev–Trinajstić information content (AvgIpc) is 3.43. The van der Waals surface area contributed by atoms with Crippen molar-refractivity contribution in [1.82, 2.24) is 31.1 Å². The van der Waals surface area contributed by atoms with Gasteiger partial charge in [-0.05, 0) is 45.2 Å². The minimum Gasteiger partial charge on any atom is -0.356 e. The fourth-order valence-corrected chi connectivity index (χ4v) is 10.6. The van der Waals surface area contributed by atoms with Gasteiger partial charge in [-0.1, -0.05) is 285 Å². The number of carbonyl (C=O) groups is 4. The maximum absolute atomic E-state index is 13.1. The highest BCUT2D eigenvalue weighted by molar-refractivity contribution is 5.77. The molecular formula is C67H134N6O4. The largest absolute Gasteiger partial charge is 0.356 e. The lowest BCUT2D eigenvalue weighted by molar-refractivity contribution is -0.123. The zero-order valence-electron chi connectivity index (χ0n) is 52.2. The van der Waals surface area contributed by atoms with Gasteiger partial charge in [0.15, 0.2) is 0 Å². The van der Waals surface area contributed by atoms with Crippen LogP contribution in [0.1, 0.15) is 342 Å². The van der Waals surface area contributed by atoms with Crippen molar-refractivity contribution in [3.63, 3.8) is 0 Å². The monoisotopic (exact) mass is 1090 g/mol. The van der Waals surface area contributed by atoms with Gasteiger partial charge in [0.2, 0.25) is 23.6 Å². The molecule has 4 N–H and O–H groups in total. The molecule has 77 heavy (non-hydrogen) atoms. The Morgan fingerprint density at radius 1 is 0.208 bits per heavy atom. The Hall–Kier alpha value is -2.20. The summed E-state index contributed by atoms with van der Waals surface area (Å²) in [5.41, 5.74) is 0. The highest BCUT2D eigenvalue weighted by atomic mass is 16.2. The lowest BCUT2D eigenvalue weighted by atomic mass is 10.1. The molecule has 4 amide bonds. The van der Waals surface area contributed by atoms with Crippen LogP contribution in [0.4, 0.5) is 0 Å². The summed E-state index contributed by atoms with van der Waals surface area (Å²) >= 11 is 0. The number of amides is 4. The molecule has 0 rings (SSSR count). The number of nitrogens with zero attached hydrogens (tertiary/aromatic N) is 2. The molecular weight excluding hydrogens is 953 g/mol. The number of carbonyl (C=O) groups excluding carboxylic acids is 4. The fraction of sp³-hybridized carbons (Fsp3) is 0.940. The molecule has 0 unspecified atom stereocenters. The summed E-state index contributed by atoms with van der Waals surface area (Å²) in [6.07, 6.45) is 59.2. The molecule has 0 aliphatic heterocycles. The van der Waals surface area contributed by atoms with Crippen LogP contribution in [0.15, 0.2) is 0 Å². The Labute approximate surface area is 479 Å². The number of hydrogen-bond acceptors (Lipinski definition) is 6. The standard InChI is InChI=1S/C67H134N6O4/c1-5-9-13-17-21-25-29-33-37-41-45-54-68-64(74)50-60-72(61-51-65(75)69-55-46-42-38-34-30-26-22-18-14-10-6-2)58-49-59-73(62-52-66(76)70-56-47-43-39-35-31-27-23-19-15-11-7-3)63-53-67(77)71-57-48-44-40-36-32-28-24-20-16-12-8-4/h5-63H2,1-4H3,(H,68,74)(H,69,75)(H,70,76)(H,71,77). The zero-order valence-corrected chi connectivity index (χ0v) is 52.2. The molecule has 0 aromatic rings. The molecule has 0 saturated heterocycles. The maximum atomic E-state index is 13.1. The molecule has 10 nitrogen and oxygen atoms in total. The highest BCUT2D eigenvalue weighted by Gasteiger charge is 2.15. The molecule has 0 radical (unpaired) electrons. The molecule has 0 spiro atoms. The van der Waals surface area contributed by atoms with Crippen LogP contribution < -0.4 is 21.3 Å². The summed E-state index contributed by atoms with van der Waals surface area (Å²) < 4.78 is 0. The van der Waals surface area contributed by atoms with Crippen molar-refractivity contribution in [2.45, 2.75) is 342 Å². The van der Waals surface area contributed by atoms with E-state index in [4.69, 9.17) is 0 Å². The van der Waals surface area contributed by atoms with Crippen molar-refractivity contribution in [3.05, 3.63) is 0 Å². The van der Waals surface area contributed by atoms with Gasteiger partial charge < -0.3 is 31.1 Å². The van der Waals surface area contributed by atoms with Crippen LogP contribution in [0.3, 0.4) is 0 Å². The van der Waals surface area contributed by atoms with Gasteiger partial charge in [-0.2, -0.15) is 0 Å². The summed E-state index contributed by atoms with van der Waals surface area (Å²) in [5.74, 6) is 0.344. The third-order valence-corrected chi connectivity index (χ3v) is 16.0. The van der Waals surface area contributed by atoms with Crippen LogP contribution in [0.5, 0.6) is 0 Å². The van der Waals surface area contributed by atoms with Gasteiger partial charge >= 0.3 is 0 Å². The highest BCUT2D eigenvalue weighted by Crippen LogP contribution is 2.15. The van der Waals surface area contributed by atoms with E-state index in [2.05, 4.69) is 58.8 Å². The predicted molar refractivity (Wildman–Crippen MR) is 334 cm³/mol. The summed E-state index contributed by atoms with van der Waals surface area (Å²) in [6.45, 7) is 16.0. The van der Waals surface area contributed by atoms with Crippen LogP contribution in [0.25, 0.3) is 0 Å². The van der Waals surface area contributed by atoms with E-state index >= 15 is 0 Å². The molecule has 0 saturated carbocycles. The summed E-state index contributed by atoms with van der Waals surface area (Å²) in [4.78, 5) is 56.9. The quantitative estimate of drug-likeness (QED) is 0.0450. The first-order valence-electron chi connectivity index (χ1n) is 34.4. The second-order valence-corrected chi connectivity index (χ2v) is 23.6. The first-order chi connectivity index (χ1) is 37.9. The van der Waals surface area contributed by atoms with Gasteiger partial charge in [-0.3, -0.25) is 19.2 Å². The van der Waals surface area contributed by atoms with E-state index in [1.807, 2.05) is 0 Å². The molecule has 0 bridgehead atoms. The topological polar surface area (TPSA) is 123 Å². The van der Waals surface area contributed by atoms with E-state index in [0.29, 0.717) is 51.9 Å². The van der Waals surface area contributed by atoms with Crippen molar-refractivity contribution in [3.8, 4) is 0 Å². The van der Waals surface area contributed by atoms with Gasteiger partial charge in [-0.15, -0.1) is 0 Å². The Kier molecular flexibility index (Phi) is 61.2. The predicted octanol–water partition coefficient (Wildman–Crippen LogP) is 17.2. The van der Waals surface area contributed by atoms with Gasteiger partial charge in [0.05, 0.1) is 0 Å². The number of nitrogens with one attached hydrogen (secondary N) is 4. The number of rotatable bonds is 64. The molecule has 10 heteroatoms. The third-order valence-electron chi connectivity index (χ3n) is 16.0. The van der Waals surface area contributed by atoms with Crippen LogP contribution in [-0.4, -0.2) is 98.9 Å². The molecule has 0 atom stereocenters. The summed E-state index contributed by atoms with van der Waals surface area (Å²) in [7, 11) is 0. The molecule has 456 valence electrons. The minimum atomic E-state index is 0.0861. The van der Waals surface area contributed by atoms with Gasteiger partial charge in [0.1, 0.15) is 0 Å². The van der Waals surface area contributed by atoms with Crippen LogP contribution in [-0.2, 0) is 19.2 Å². The van der Waals surface area contributed by atoms with E-state index in [-0.39, 0.29) is 23.6 Å². The lowest BCUT2D eigenvalue weighted by Crippen LogP contribution is -2.38. The Morgan fingerprint density at radius 2 is 0.364 bits per heavy atom. The summed E-state index contributed by atoms with van der Waals surface area (Å²) in [5, 5.41) is 12.7. The molecule has 0 aromatic carbocycles. The van der Waals surface area contributed by atoms with Gasteiger partial charge in [0.25, 0.3) is 0 Å². The van der Waals surface area contributed by atoms with Crippen molar-refractivity contribution in [2.75, 3.05) is 65.4 Å². The molecule has 0 aliphatic rings. The van der Waals surface area contributed by atoms with Gasteiger partial charge in [0, 0.05) is 78.0 Å². The molecule has 0 aromatic heterocycles. The van der Waals surface area contributed by atoms with Crippen LogP contribution in [0, 0.1) is 0 Å². The molecule has 0 aliphatic carbocycles. The van der Waals surface area contributed by atoms with E-state index in [1.165, 1.54) is 231 Å². The Balaban J connectivity index is 5.17. The number of unbranched alkanes of at least 4 members (excludes halogenated alkanes) is 40. The fourth-order valence-electron chi connectivity index (χ4n) is 10.6. The zero-order chi connectivity index (χ0) is 56.0. The van der Waals surface area contributed by atoms with Crippen molar-refractivity contribution < 1.29 is 19.2 Å². The molecule has 0 fully saturated rings. The second kappa shape index (κ2) is 63.0. The average molecular weight is 1090 g/mol. The van der Waals surface area contributed by atoms with Crippen LogP contribution in [0.2, 0.25) is 0 Å². The molecule has 0 heterocycles. The second-order valence-electron chi connectivity index (χ2n) is 23.6. The SMILES string of the molecule is CCCCCCCCCCCCCNC(=O)CCN(CCCN(CCC(=O)NCCCCCCCCCCCCC)CCC(=O)NCCCCCCCCCCCCC)CCC(=O)NCCCCCCCCCCCCC. The smallest absolute Gasteiger partial charge is 0.221 e.